The highest BCUT2D eigenvalue weighted by atomic mass is 79.9. The van der Waals surface area contributed by atoms with Crippen LogP contribution < -0.4 is 4.74 Å². The van der Waals surface area contributed by atoms with Crippen LogP contribution in [0.25, 0.3) is 0 Å². The van der Waals surface area contributed by atoms with Gasteiger partial charge in [-0.15, -0.1) is 0 Å². The van der Waals surface area contributed by atoms with Gasteiger partial charge in [-0.25, -0.2) is 9.18 Å². The number of aryl methyl sites for hydroxylation is 1. The monoisotopic (exact) mass is 416 g/mol. The number of carbonyl (C=O) groups is 1. The van der Waals surface area contributed by atoms with Crippen molar-refractivity contribution in [3.8, 4) is 5.75 Å². The van der Waals surface area contributed by atoms with E-state index in [2.05, 4.69) is 31.9 Å². The number of aromatic carboxylic acids is 1. The lowest BCUT2D eigenvalue weighted by Gasteiger charge is -2.13. The first kappa shape index (κ1) is 16.0. The number of rotatable bonds is 4. The van der Waals surface area contributed by atoms with Crippen molar-refractivity contribution in [1.82, 2.24) is 0 Å². The van der Waals surface area contributed by atoms with Gasteiger partial charge < -0.3 is 9.84 Å². The Kier molecular flexibility index (Phi) is 5.00. The molecule has 110 valence electrons. The lowest BCUT2D eigenvalue weighted by atomic mass is 10.1. The van der Waals surface area contributed by atoms with E-state index in [4.69, 9.17) is 4.74 Å². The Morgan fingerprint density at radius 2 is 1.86 bits per heavy atom. The molecule has 0 saturated carbocycles. The number of carboxylic acids is 1. The van der Waals surface area contributed by atoms with Crippen LogP contribution in [0.5, 0.6) is 5.75 Å². The smallest absolute Gasteiger partial charge is 0.339 e. The predicted octanol–water partition coefficient (Wildman–Crippen LogP) is 4.94. The highest BCUT2D eigenvalue weighted by Crippen LogP contribution is 2.29. The SMILES string of the molecule is Cc1cc(Br)cc(C(=O)O)c1OCc1cc(F)cc(Br)c1. The number of benzene rings is 2. The van der Waals surface area contributed by atoms with Crippen LogP contribution in [-0.2, 0) is 6.61 Å². The van der Waals surface area contributed by atoms with Crippen LogP contribution in [0.3, 0.4) is 0 Å². The molecule has 3 nitrogen and oxygen atoms in total. The zero-order valence-electron chi connectivity index (χ0n) is 11.0. The molecule has 0 atom stereocenters. The molecule has 2 rings (SSSR count). The third-order valence-electron chi connectivity index (χ3n) is 2.78. The van der Waals surface area contributed by atoms with Gasteiger partial charge in [0, 0.05) is 8.95 Å². The summed E-state index contributed by atoms with van der Waals surface area (Å²) in [6.07, 6.45) is 0. The van der Waals surface area contributed by atoms with Gasteiger partial charge in [0.25, 0.3) is 0 Å². The van der Waals surface area contributed by atoms with Gasteiger partial charge in [0.15, 0.2) is 0 Å². The molecule has 0 radical (unpaired) electrons. The van der Waals surface area contributed by atoms with Crippen LogP contribution in [0.2, 0.25) is 0 Å². The molecule has 0 heterocycles. The van der Waals surface area contributed by atoms with Gasteiger partial charge in [0.2, 0.25) is 0 Å². The first-order chi connectivity index (χ1) is 9.86. The number of hydrogen-bond donors (Lipinski definition) is 1. The van der Waals surface area contributed by atoms with E-state index in [1.165, 1.54) is 18.2 Å². The standard InChI is InChI=1S/C15H11Br2FO3/c1-8-2-10(16)6-13(15(19)20)14(8)21-7-9-3-11(17)5-12(18)4-9/h2-6H,7H2,1H3,(H,19,20). The first-order valence-corrected chi connectivity index (χ1v) is 7.56. The van der Waals surface area contributed by atoms with Crippen LogP contribution in [0.4, 0.5) is 4.39 Å². The van der Waals surface area contributed by atoms with Crippen molar-refractivity contribution in [2.45, 2.75) is 13.5 Å². The summed E-state index contributed by atoms with van der Waals surface area (Å²) in [6.45, 7) is 1.84. The normalized spacial score (nSPS) is 10.5. The predicted molar refractivity (Wildman–Crippen MR) is 84.3 cm³/mol. The summed E-state index contributed by atoms with van der Waals surface area (Å²) in [6, 6.07) is 7.66. The van der Waals surface area contributed by atoms with Gasteiger partial charge in [0.1, 0.15) is 23.7 Å². The number of hydrogen-bond acceptors (Lipinski definition) is 2. The van der Waals surface area contributed by atoms with Crippen molar-refractivity contribution in [2.75, 3.05) is 0 Å². The van der Waals surface area contributed by atoms with Crippen LogP contribution in [0.1, 0.15) is 21.5 Å². The first-order valence-electron chi connectivity index (χ1n) is 5.98. The maximum Gasteiger partial charge on any atom is 0.339 e. The molecular weight excluding hydrogens is 407 g/mol. The highest BCUT2D eigenvalue weighted by molar-refractivity contribution is 9.10. The average molecular weight is 418 g/mol. The highest BCUT2D eigenvalue weighted by Gasteiger charge is 2.15. The third-order valence-corrected chi connectivity index (χ3v) is 3.69. The summed E-state index contributed by atoms with van der Waals surface area (Å²) >= 11 is 6.46. The summed E-state index contributed by atoms with van der Waals surface area (Å²) in [4.78, 5) is 11.3. The number of ether oxygens (including phenoxy) is 1. The molecule has 2 aromatic rings. The zero-order chi connectivity index (χ0) is 15.6. The zero-order valence-corrected chi connectivity index (χ0v) is 14.2. The van der Waals surface area contributed by atoms with Crippen molar-refractivity contribution in [3.05, 3.63) is 61.8 Å². The van der Waals surface area contributed by atoms with Crippen LogP contribution in [0, 0.1) is 12.7 Å². The Balaban J connectivity index is 2.29. The fourth-order valence-electron chi connectivity index (χ4n) is 1.93. The minimum atomic E-state index is -1.07. The van der Waals surface area contributed by atoms with Gasteiger partial charge >= 0.3 is 5.97 Å². The van der Waals surface area contributed by atoms with E-state index in [0.29, 0.717) is 20.1 Å². The van der Waals surface area contributed by atoms with Gasteiger partial charge in [-0.1, -0.05) is 31.9 Å². The second-order valence-corrected chi connectivity index (χ2v) is 6.30. The van der Waals surface area contributed by atoms with E-state index in [9.17, 15) is 14.3 Å². The molecule has 2 aromatic carbocycles. The topological polar surface area (TPSA) is 46.5 Å². The number of carboxylic acid groups (broad SMARTS) is 1. The van der Waals surface area contributed by atoms with E-state index < -0.39 is 5.97 Å². The molecule has 0 amide bonds. The summed E-state index contributed by atoms with van der Waals surface area (Å²) in [5.74, 6) is -1.17. The van der Waals surface area contributed by atoms with E-state index >= 15 is 0 Å². The number of halogens is 3. The molecule has 0 aromatic heterocycles. The summed E-state index contributed by atoms with van der Waals surface area (Å²) in [5, 5.41) is 9.23. The lowest BCUT2D eigenvalue weighted by molar-refractivity contribution is 0.0691. The van der Waals surface area contributed by atoms with Crippen molar-refractivity contribution in [2.24, 2.45) is 0 Å². The van der Waals surface area contributed by atoms with E-state index in [0.717, 1.165) is 0 Å². The molecule has 0 spiro atoms. The maximum absolute atomic E-state index is 13.3. The molecule has 0 saturated heterocycles. The molecule has 6 heteroatoms. The van der Waals surface area contributed by atoms with Gasteiger partial charge in [0.05, 0.1) is 0 Å². The fraction of sp³-hybridized carbons (Fsp3) is 0.133. The van der Waals surface area contributed by atoms with Crippen LogP contribution in [-0.4, -0.2) is 11.1 Å². The van der Waals surface area contributed by atoms with Crippen molar-refractivity contribution < 1.29 is 19.0 Å². The van der Waals surface area contributed by atoms with Gasteiger partial charge in [-0.2, -0.15) is 0 Å². The summed E-state index contributed by atoms with van der Waals surface area (Å²) < 4.78 is 20.2. The summed E-state index contributed by atoms with van der Waals surface area (Å²) in [7, 11) is 0. The van der Waals surface area contributed by atoms with E-state index in [-0.39, 0.29) is 23.7 Å². The van der Waals surface area contributed by atoms with Crippen molar-refractivity contribution >= 4 is 37.8 Å². The second kappa shape index (κ2) is 6.58. The Hall–Kier alpha value is -1.40. The molecule has 0 aliphatic carbocycles. The van der Waals surface area contributed by atoms with E-state index in [1.807, 2.05) is 0 Å². The minimum Gasteiger partial charge on any atom is -0.488 e. The molecule has 0 fully saturated rings. The molecule has 0 unspecified atom stereocenters. The second-order valence-electron chi connectivity index (χ2n) is 4.47. The molecule has 0 aliphatic rings. The molecule has 0 bridgehead atoms. The lowest BCUT2D eigenvalue weighted by Crippen LogP contribution is -2.05. The van der Waals surface area contributed by atoms with E-state index in [1.54, 1.807) is 19.1 Å². The largest absolute Gasteiger partial charge is 0.488 e. The quantitative estimate of drug-likeness (QED) is 0.766. The average Bonchev–Trinajstić information content (AvgIpc) is 2.35. The Bertz CT molecular complexity index is 681. The molecule has 1 N–H and O–H groups in total. The Labute approximate surface area is 138 Å². The Morgan fingerprint density at radius 3 is 2.48 bits per heavy atom. The summed E-state index contributed by atoms with van der Waals surface area (Å²) in [5.41, 5.74) is 1.37. The van der Waals surface area contributed by atoms with Crippen molar-refractivity contribution in [1.29, 1.82) is 0 Å². The van der Waals surface area contributed by atoms with Gasteiger partial charge in [-0.3, -0.25) is 0 Å². The minimum absolute atomic E-state index is 0.0670. The molecular formula is C15H11Br2FO3. The van der Waals surface area contributed by atoms with Crippen LogP contribution in [0.15, 0.2) is 39.3 Å². The Morgan fingerprint density at radius 1 is 1.19 bits per heavy atom. The fourth-order valence-corrected chi connectivity index (χ4v) is 3.02. The maximum atomic E-state index is 13.3. The van der Waals surface area contributed by atoms with Crippen LogP contribution >= 0.6 is 31.9 Å². The molecule has 0 aliphatic heterocycles. The molecule has 21 heavy (non-hydrogen) atoms. The van der Waals surface area contributed by atoms with Gasteiger partial charge in [-0.05, 0) is 48.4 Å². The van der Waals surface area contributed by atoms with Crippen molar-refractivity contribution in [3.63, 3.8) is 0 Å². The third kappa shape index (κ3) is 4.04.